The fraction of sp³-hybridized carbons (Fsp3) is 0.385. The number of fused-ring (bicyclic) bond motifs is 1. The molecule has 2 heterocycles. The van der Waals surface area contributed by atoms with Gasteiger partial charge in [0.2, 0.25) is 5.91 Å². The molecule has 6 heteroatoms. The number of anilines is 1. The van der Waals surface area contributed by atoms with Gasteiger partial charge in [-0.3, -0.25) is 4.79 Å². The van der Waals surface area contributed by atoms with Crippen molar-refractivity contribution in [3.8, 4) is 0 Å². The molecule has 0 aliphatic carbocycles. The number of carbonyl (C=O) groups excluding carboxylic acids is 1. The van der Waals surface area contributed by atoms with E-state index in [1.54, 1.807) is 6.07 Å². The Bertz CT molecular complexity index is 621. The Morgan fingerprint density at radius 1 is 1.58 bits per heavy atom. The van der Waals surface area contributed by atoms with Crippen LogP contribution in [0.5, 0.6) is 0 Å². The molecule has 3 rings (SSSR count). The standard InChI is InChI=1S/C13H14FN3OS/c1-2-15-12(18)8-6-17(7-8)13-16-11-9(14)4-3-5-10(11)19-13/h3-5,8H,2,6-7H2,1H3,(H,15,18). The van der Waals surface area contributed by atoms with Gasteiger partial charge in [0.25, 0.3) is 0 Å². The first-order chi connectivity index (χ1) is 9.19. The topological polar surface area (TPSA) is 45.2 Å². The van der Waals surface area contributed by atoms with E-state index in [-0.39, 0.29) is 17.6 Å². The van der Waals surface area contributed by atoms with Gasteiger partial charge >= 0.3 is 0 Å². The van der Waals surface area contributed by atoms with Crippen molar-refractivity contribution in [1.29, 1.82) is 0 Å². The van der Waals surface area contributed by atoms with Crippen LogP contribution in [0.1, 0.15) is 6.92 Å². The van der Waals surface area contributed by atoms with Gasteiger partial charge in [0.15, 0.2) is 5.13 Å². The highest BCUT2D eigenvalue weighted by Crippen LogP contribution is 2.33. The van der Waals surface area contributed by atoms with Crippen molar-refractivity contribution >= 4 is 32.6 Å². The summed E-state index contributed by atoms with van der Waals surface area (Å²) in [5, 5.41) is 3.60. The Hall–Kier alpha value is -1.69. The summed E-state index contributed by atoms with van der Waals surface area (Å²) in [6.07, 6.45) is 0. The molecule has 1 fully saturated rings. The van der Waals surface area contributed by atoms with Crippen LogP contribution < -0.4 is 10.2 Å². The van der Waals surface area contributed by atoms with Crippen molar-refractivity contribution in [2.24, 2.45) is 5.92 Å². The second kappa shape index (κ2) is 4.77. The second-order valence-electron chi connectivity index (χ2n) is 4.58. The number of halogens is 1. The van der Waals surface area contributed by atoms with Gasteiger partial charge in [0, 0.05) is 19.6 Å². The molecule has 1 aliphatic rings. The minimum Gasteiger partial charge on any atom is -0.356 e. The Balaban J connectivity index is 1.74. The summed E-state index contributed by atoms with van der Waals surface area (Å²) in [7, 11) is 0. The largest absolute Gasteiger partial charge is 0.356 e. The third-order valence-corrected chi connectivity index (χ3v) is 4.31. The van der Waals surface area contributed by atoms with Gasteiger partial charge in [-0.2, -0.15) is 0 Å². The molecule has 19 heavy (non-hydrogen) atoms. The summed E-state index contributed by atoms with van der Waals surface area (Å²) in [5.74, 6) is -0.177. The predicted octanol–water partition coefficient (Wildman–Crippen LogP) is 2.01. The molecule has 1 N–H and O–H groups in total. The van der Waals surface area contributed by atoms with Gasteiger partial charge in [-0.15, -0.1) is 0 Å². The van der Waals surface area contributed by atoms with Crippen LogP contribution in [0.2, 0.25) is 0 Å². The van der Waals surface area contributed by atoms with Gasteiger partial charge in [-0.25, -0.2) is 9.37 Å². The molecule has 4 nitrogen and oxygen atoms in total. The Morgan fingerprint density at radius 2 is 2.37 bits per heavy atom. The summed E-state index contributed by atoms with van der Waals surface area (Å²) in [5.41, 5.74) is 0.420. The van der Waals surface area contributed by atoms with Crippen LogP contribution in [0.3, 0.4) is 0 Å². The number of para-hydroxylation sites is 1. The fourth-order valence-corrected chi connectivity index (χ4v) is 3.16. The maximum atomic E-state index is 13.6. The Morgan fingerprint density at radius 3 is 3.05 bits per heavy atom. The van der Waals surface area contributed by atoms with Crippen LogP contribution in [0.25, 0.3) is 10.2 Å². The van der Waals surface area contributed by atoms with Crippen LogP contribution in [0.4, 0.5) is 9.52 Å². The van der Waals surface area contributed by atoms with Crippen molar-refractivity contribution in [3.63, 3.8) is 0 Å². The average molecular weight is 279 g/mol. The van der Waals surface area contributed by atoms with Crippen LogP contribution >= 0.6 is 11.3 Å². The molecule has 1 aromatic carbocycles. The molecule has 1 saturated heterocycles. The van der Waals surface area contributed by atoms with Gasteiger partial charge < -0.3 is 10.2 Å². The summed E-state index contributed by atoms with van der Waals surface area (Å²) in [4.78, 5) is 17.9. The Labute approximate surface area is 114 Å². The summed E-state index contributed by atoms with van der Waals surface area (Å²) in [6.45, 7) is 3.88. The number of thiazole rings is 1. The van der Waals surface area contributed by atoms with E-state index in [1.807, 2.05) is 17.9 Å². The van der Waals surface area contributed by atoms with Gasteiger partial charge in [-0.05, 0) is 19.1 Å². The van der Waals surface area contributed by atoms with E-state index in [4.69, 9.17) is 0 Å². The Kier molecular flexibility index (Phi) is 3.10. The number of hydrogen-bond acceptors (Lipinski definition) is 4. The molecule has 1 amide bonds. The van der Waals surface area contributed by atoms with E-state index in [0.717, 1.165) is 9.83 Å². The van der Waals surface area contributed by atoms with E-state index in [2.05, 4.69) is 10.3 Å². The molecule has 0 atom stereocenters. The summed E-state index contributed by atoms with van der Waals surface area (Å²) >= 11 is 1.47. The molecule has 0 bridgehead atoms. The number of rotatable bonds is 3. The average Bonchev–Trinajstić information content (AvgIpc) is 2.72. The minimum absolute atomic E-state index is 0.0248. The van der Waals surface area contributed by atoms with Crippen molar-refractivity contribution in [2.45, 2.75) is 6.92 Å². The molecule has 0 radical (unpaired) electrons. The highest BCUT2D eigenvalue weighted by atomic mass is 32.1. The predicted molar refractivity (Wildman–Crippen MR) is 74.0 cm³/mol. The number of carbonyl (C=O) groups is 1. The van der Waals surface area contributed by atoms with Crippen molar-refractivity contribution in [2.75, 3.05) is 24.5 Å². The zero-order valence-corrected chi connectivity index (χ0v) is 11.3. The molecular weight excluding hydrogens is 265 g/mol. The summed E-state index contributed by atoms with van der Waals surface area (Å²) in [6, 6.07) is 4.97. The molecule has 2 aromatic rings. The van der Waals surface area contributed by atoms with Crippen LogP contribution in [-0.4, -0.2) is 30.5 Å². The smallest absolute Gasteiger partial charge is 0.226 e. The number of benzene rings is 1. The molecule has 0 unspecified atom stereocenters. The lowest BCUT2D eigenvalue weighted by Gasteiger charge is -2.37. The molecule has 0 spiro atoms. The highest BCUT2D eigenvalue weighted by Gasteiger charge is 2.34. The lowest BCUT2D eigenvalue weighted by Crippen LogP contribution is -2.53. The number of aromatic nitrogens is 1. The molecule has 0 saturated carbocycles. The van der Waals surface area contributed by atoms with Gasteiger partial charge in [-0.1, -0.05) is 17.4 Å². The number of nitrogens with zero attached hydrogens (tertiary/aromatic N) is 2. The van der Waals surface area contributed by atoms with E-state index in [1.165, 1.54) is 17.4 Å². The van der Waals surface area contributed by atoms with Crippen LogP contribution in [0.15, 0.2) is 18.2 Å². The zero-order chi connectivity index (χ0) is 13.4. The maximum absolute atomic E-state index is 13.6. The first-order valence-electron chi connectivity index (χ1n) is 6.26. The third-order valence-electron chi connectivity index (χ3n) is 3.23. The number of hydrogen-bond donors (Lipinski definition) is 1. The zero-order valence-electron chi connectivity index (χ0n) is 10.5. The van der Waals surface area contributed by atoms with Gasteiger partial charge in [0.1, 0.15) is 11.3 Å². The van der Waals surface area contributed by atoms with Crippen LogP contribution in [0, 0.1) is 11.7 Å². The SMILES string of the molecule is CCNC(=O)C1CN(c2nc3c(F)cccc3s2)C1. The van der Waals surface area contributed by atoms with E-state index < -0.39 is 0 Å². The molecule has 1 aliphatic heterocycles. The van der Waals surface area contributed by atoms with E-state index >= 15 is 0 Å². The second-order valence-corrected chi connectivity index (χ2v) is 5.59. The molecule has 100 valence electrons. The molecule has 1 aromatic heterocycles. The fourth-order valence-electron chi connectivity index (χ4n) is 2.16. The number of nitrogens with one attached hydrogen (secondary N) is 1. The maximum Gasteiger partial charge on any atom is 0.226 e. The quantitative estimate of drug-likeness (QED) is 0.935. The first kappa shape index (κ1) is 12.3. The summed E-state index contributed by atoms with van der Waals surface area (Å²) < 4.78 is 14.4. The van der Waals surface area contributed by atoms with Crippen LogP contribution in [-0.2, 0) is 4.79 Å². The van der Waals surface area contributed by atoms with E-state index in [0.29, 0.717) is 25.2 Å². The van der Waals surface area contributed by atoms with Gasteiger partial charge in [0.05, 0.1) is 10.6 Å². The third kappa shape index (κ3) is 2.16. The first-order valence-corrected chi connectivity index (χ1v) is 7.08. The van der Waals surface area contributed by atoms with Crippen molar-refractivity contribution < 1.29 is 9.18 Å². The monoisotopic (exact) mass is 279 g/mol. The number of amides is 1. The normalized spacial score (nSPS) is 15.6. The van der Waals surface area contributed by atoms with Crippen molar-refractivity contribution in [1.82, 2.24) is 10.3 Å². The molecular formula is C13H14FN3OS. The lowest BCUT2D eigenvalue weighted by atomic mass is 10.0. The highest BCUT2D eigenvalue weighted by molar-refractivity contribution is 7.22. The van der Waals surface area contributed by atoms with E-state index in [9.17, 15) is 9.18 Å². The van der Waals surface area contributed by atoms with Crippen molar-refractivity contribution in [3.05, 3.63) is 24.0 Å². The lowest BCUT2D eigenvalue weighted by molar-refractivity contribution is -0.125. The minimum atomic E-state index is -0.291.